The smallest absolute Gasteiger partial charge is 0.222 e. The Labute approximate surface area is 181 Å². The summed E-state index contributed by atoms with van der Waals surface area (Å²) in [6, 6.07) is 14.1. The van der Waals surface area contributed by atoms with E-state index < -0.39 is 0 Å². The van der Waals surface area contributed by atoms with E-state index in [-0.39, 0.29) is 0 Å². The van der Waals surface area contributed by atoms with E-state index in [1.54, 1.807) is 6.07 Å². The molecule has 3 aromatic rings. The van der Waals surface area contributed by atoms with Crippen molar-refractivity contribution in [3.8, 4) is 0 Å². The molecule has 0 unspecified atom stereocenters. The highest BCUT2D eigenvalue weighted by Crippen LogP contribution is 2.26. The zero-order valence-electron chi connectivity index (χ0n) is 16.3. The standard InChI is InChI=1S/C23H25Cl2N3O/c24-19-9-8-17(21(25)13-19)15-28-16-18(20-5-1-2-6-22(20)28)14-26-10-4-12-27-11-3-7-23(27)29/h1-2,5-6,8-9,13,16,26H,3-4,7,10-12,14-15H2. The number of carbonyl (C=O) groups is 1. The van der Waals surface area contributed by atoms with E-state index in [0.29, 0.717) is 28.9 Å². The molecule has 6 heteroatoms. The average Bonchev–Trinajstić information content (AvgIpc) is 3.28. The van der Waals surface area contributed by atoms with Crippen molar-refractivity contribution in [2.75, 3.05) is 19.6 Å². The summed E-state index contributed by atoms with van der Waals surface area (Å²) >= 11 is 12.4. The van der Waals surface area contributed by atoms with Crippen LogP contribution in [0.4, 0.5) is 0 Å². The largest absolute Gasteiger partial charge is 0.343 e. The predicted octanol–water partition coefficient (Wildman–Crippen LogP) is 5.10. The van der Waals surface area contributed by atoms with Gasteiger partial charge < -0.3 is 14.8 Å². The Kier molecular flexibility index (Phi) is 6.43. The fourth-order valence-electron chi connectivity index (χ4n) is 3.99. The van der Waals surface area contributed by atoms with E-state index >= 15 is 0 Å². The number of para-hydroxylation sites is 1. The molecule has 1 N–H and O–H groups in total. The number of benzene rings is 2. The molecule has 1 saturated heterocycles. The summed E-state index contributed by atoms with van der Waals surface area (Å²) in [4.78, 5) is 13.7. The summed E-state index contributed by atoms with van der Waals surface area (Å²) in [5.74, 6) is 0.300. The van der Waals surface area contributed by atoms with Gasteiger partial charge in [0.1, 0.15) is 0 Å². The maximum Gasteiger partial charge on any atom is 0.222 e. The van der Waals surface area contributed by atoms with Gasteiger partial charge in [-0.1, -0.05) is 47.5 Å². The van der Waals surface area contributed by atoms with E-state index in [1.165, 1.54) is 16.5 Å². The fraction of sp³-hybridized carbons (Fsp3) is 0.348. The Morgan fingerprint density at radius 3 is 2.72 bits per heavy atom. The molecule has 152 valence electrons. The van der Waals surface area contributed by atoms with E-state index in [4.69, 9.17) is 23.2 Å². The van der Waals surface area contributed by atoms with Crippen LogP contribution in [-0.2, 0) is 17.9 Å². The molecule has 29 heavy (non-hydrogen) atoms. The number of fused-ring (bicyclic) bond motifs is 1. The topological polar surface area (TPSA) is 37.3 Å². The molecular weight excluding hydrogens is 405 g/mol. The van der Waals surface area contributed by atoms with Gasteiger partial charge in [-0.2, -0.15) is 0 Å². The minimum atomic E-state index is 0.300. The van der Waals surface area contributed by atoms with Crippen LogP contribution in [0.3, 0.4) is 0 Å². The Morgan fingerprint density at radius 1 is 1.07 bits per heavy atom. The Hall–Kier alpha value is -2.01. The number of halogens is 2. The maximum atomic E-state index is 11.7. The van der Waals surface area contributed by atoms with Crippen molar-refractivity contribution in [3.05, 3.63) is 69.8 Å². The van der Waals surface area contributed by atoms with Crippen LogP contribution in [-0.4, -0.2) is 35.0 Å². The highest BCUT2D eigenvalue weighted by atomic mass is 35.5. The molecule has 2 aromatic carbocycles. The van der Waals surface area contributed by atoms with Crippen LogP contribution in [0.1, 0.15) is 30.4 Å². The lowest BCUT2D eigenvalue weighted by Gasteiger charge is -2.15. The second-order valence-electron chi connectivity index (χ2n) is 7.55. The molecule has 1 amide bonds. The SMILES string of the molecule is O=C1CCCN1CCCNCc1cn(Cc2ccc(Cl)cc2Cl)c2ccccc12. The molecule has 0 radical (unpaired) electrons. The third kappa shape index (κ3) is 4.77. The van der Waals surface area contributed by atoms with Crippen LogP contribution in [0.15, 0.2) is 48.7 Å². The van der Waals surface area contributed by atoms with Gasteiger partial charge in [0.05, 0.1) is 0 Å². The molecule has 1 fully saturated rings. The van der Waals surface area contributed by atoms with Crippen molar-refractivity contribution in [2.45, 2.75) is 32.4 Å². The summed E-state index contributed by atoms with van der Waals surface area (Å²) in [5, 5.41) is 6.12. The normalized spacial score (nSPS) is 14.3. The first-order valence-electron chi connectivity index (χ1n) is 10.1. The molecule has 4 nitrogen and oxygen atoms in total. The molecule has 4 rings (SSSR count). The van der Waals surface area contributed by atoms with Crippen molar-refractivity contribution in [1.29, 1.82) is 0 Å². The highest BCUT2D eigenvalue weighted by molar-refractivity contribution is 6.35. The van der Waals surface area contributed by atoms with Crippen LogP contribution in [0.5, 0.6) is 0 Å². The summed E-state index contributed by atoms with van der Waals surface area (Å²) in [6.07, 6.45) is 4.89. The van der Waals surface area contributed by atoms with Crippen LogP contribution < -0.4 is 5.32 Å². The third-order valence-electron chi connectivity index (χ3n) is 5.50. The molecule has 0 atom stereocenters. The zero-order valence-corrected chi connectivity index (χ0v) is 17.8. The number of carbonyl (C=O) groups excluding carboxylic acids is 1. The second kappa shape index (κ2) is 9.21. The number of likely N-dealkylation sites (tertiary alicyclic amines) is 1. The van der Waals surface area contributed by atoms with Gasteiger partial charge >= 0.3 is 0 Å². The molecular formula is C23H25Cl2N3O. The Morgan fingerprint density at radius 2 is 1.93 bits per heavy atom. The number of aromatic nitrogens is 1. The van der Waals surface area contributed by atoms with E-state index in [2.05, 4.69) is 40.3 Å². The van der Waals surface area contributed by atoms with Crippen molar-refractivity contribution in [3.63, 3.8) is 0 Å². The summed E-state index contributed by atoms with van der Waals surface area (Å²) in [6.45, 7) is 4.16. The lowest BCUT2D eigenvalue weighted by atomic mass is 10.2. The first-order valence-corrected chi connectivity index (χ1v) is 10.9. The first-order chi connectivity index (χ1) is 14.1. The number of nitrogens with zero attached hydrogens (tertiary/aromatic N) is 2. The summed E-state index contributed by atoms with van der Waals surface area (Å²) in [7, 11) is 0. The van der Waals surface area contributed by atoms with E-state index in [0.717, 1.165) is 44.6 Å². The van der Waals surface area contributed by atoms with Gasteiger partial charge in [-0.25, -0.2) is 0 Å². The van der Waals surface area contributed by atoms with Crippen molar-refractivity contribution < 1.29 is 4.79 Å². The minimum Gasteiger partial charge on any atom is -0.343 e. The third-order valence-corrected chi connectivity index (χ3v) is 6.08. The molecule has 0 aliphatic carbocycles. The Balaban J connectivity index is 1.41. The van der Waals surface area contributed by atoms with Crippen LogP contribution in [0.2, 0.25) is 10.0 Å². The van der Waals surface area contributed by atoms with E-state index in [9.17, 15) is 4.79 Å². The van der Waals surface area contributed by atoms with Gasteiger partial charge in [0.2, 0.25) is 5.91 Å². The first kappa shape index (κ1) is 20.3. The second-order valence-corrected chi connectivity index (χ2v) is 8.39. The zero-order chi connectivity index (χ0) is 20.2. The number of amides is 1. The molecule has 1 aromatic heterocycles. The molecule has 0 saturated carbocycles. The number of rotatable bonds is 8. The fourth-order valence-corrected chi connectivity index (χ4v) is 4.45. The lowest BCUT2D eigenvalue weighted by molar-refractivity contribution is -0.127. The lowest BCUT2D eigenvalue weighted by Crippen LogP contribution is -2.28. The van der Waals surface area contributed by atoms with Gasteiger partial charge in [0, 0.05) is 59.7 Å². The number of nitrogens with one attached hydrogen (secondary N) is 1. The summed E-state index contributed by atoms with van der Waals surface area (Å²) < 4.78 is 2.24. The average molecular weight is 430 g/mol. The quantitative estimate of drug-likeness (QED) is 0.505. The van der Waals surface area contributed by atoms with Gasteiger partial charge in [-0.15, -0.1) is 0 Å². The summed E-state index contributed by atoms with van der Waals surface area (Å²) in [5.41, 5.74) is 3.51. The van der Waals surface area contributed by atoms with Gasteiger partial charge in [-0.3, -0.25) is 4.79 Å². The van der Waals surface area contributed by atoms with Crippen LogP contribution >= 0.6 is 23.2 Å². The van der Waals surface area contributed by atoms with Gasteiger partial charge in [0.25, 0.3) is 0 Å². The van der Waals surface area contributed by atoms with Crippen molar-refractivity contribution in [2.24, 2.45) is 0 Å². The van der Waals surface area contributed by atoms with Crippen molar-refractivity contribution in [1.82, 2.24) is 14.8 Å². The maximum absolute atomic E-state index is 11.7. The minimum absolute atomic E-state index is 0.300. The molecule has 1 aliphatic rings. The molecule has 2 heterocycles. The predicted molar refractivity (Wildman–Crippen MR) is 120 cm³/mol. The molecule has 0 bridgehead atoms. The van der Waals surface area contributed by atoms with Crippen LogP contribution in [0, 0.1) is 0 Å². The highest BCUT2D eigenvalue weighted by Gasteiger charge is 2.18. The van der Waals surface area contributed by atoms with Gasteiger partial charge in [0.15, 0.2) is 0 Å². The number of hydrogen-bond donors (Lipinski definition) is 1. The van der Waals surface area contributed by atoms with E-state index in [1.807, 2.05) is 17.0 Å². The van der Waals surface area contributed by atoms with Crippen LogP contribution in [0.25, 0.3) is 10.9 Å². The van der Waals surface area contributed by atoms with Crippen molar-refractivity contribution >= 4 is 40.0 Å². The Bertz CT molecular complexity index is 1010. The molecule has 0 spiro atoms. The van der Waals surface area contributed by atoms with Gasteiger partial charge in [-0.05, 0) is 48.7 Å². The molecule has 1 aliphatic heterocycles. The monoisotopic (exact) mass is 429 g/mol. The number of hydrogen-bond acceptors (Lipinski definition) is 2.